The van der Waals surface area contributed by atoms with Crippen LogP contribution in [-0.2, 0) is 27.8 Å². The number of benzene rings is 1. The third-order valence-electron chi connectivity index (χ3n) is 5.25. The first kappa shape index (κ1) is 21.7. The van der Waals surface area contributed by atoms with Gasteiger partial charge in [0.1, 0.15) is 16.9 Å². The minimum Gasteiger partial charge on any atom is -0.347 e. The summed E-state index contributed by atoms with van der Waals surface area (Å²) < 4.78 is 29.2. The molecule has 1 N–H and O–H groups in total. The second-order valence-electron chi connectivity index (χ2n) is 7.51. The highest BCUT2D eigenvalue weighted by atomic mass is 32.2. The lowest BCUT2D eigenvalue weighted by atomic mass is 10.1. The molecule has 0 spiro atoms. The molecule has 1 unspecified atom stereocenters. The second-order valence-corrected chi connectivity index (χ2v) is 10.8. The summed E-state index contributed by atoms with van der Waals surface area (Å²) in [6.45, 7) is 1.59. The van der Waals surface area contributed by atoms with E-state index in [4.69, 9.17) is 0 Å². The number of hydrogen-bond acceptors (Lipinski definition) is 6. The quantitative estimate of drug-likeness (QED) is 0.559. The number of rotatable bonds is 8. The Labute approximate surface area is 186 Å². The molecule has 1 amide bonds. The zero-order valence-corrected chi connectivity index (χ0v) is 18.7. The first-order valence-corrected chi connectivity index (χ1v) is 12.5. The maximum atomic E-state index is 12.8. The zero-order valence-electron chi connectivity index (χ0n) is 17.1. The molecular weight excluding hydrogens is 434 g/mol. The summed E-state index contributed by atoms with van der Waals surface area (Å²) in [5, 5.41) is 7.18. The van der Waals surface area contributed by atoms with Gasteiger partial charge >= 0.3 is 0 Å². The van der Waals surface area contributed by atoms with Crippen molar-refractivity contribution in [1.29, 1.82) is 0 Å². The third-order valence-corrected chi connectivity index (χ3v) is 8.71. The van der Waals surface area contributed by atoms with Gasteiger partial charge in [-0.3, -0.25) is 9.48 Å². The lowest BCUT2D eigenvalue weighted by Gasteiger charge is -2.25. The average molecular weight is 460 g/mol. The summed E-state index contributed by atoms with van der Waals surface area (Å²) in [5.74, 6) is -0.169. The number of carbonyl (C=O) groups is 1. The van der Waals surface area contributed by atoms with Crippen LogP contribution in [0.1, 0.15) is 35.7 Å². The molecule has 2 aromatic heterocycles. The van der Waals surface area contributed by atoms with E-state index < -0.39 is 10.0 Å². The number of nitrogens with zero attached hydrogens (tertiary/aromatic N) is 4. The number of hydrogen-bond donors (Lipinski definition) is 1. The molecule has 0 bridgehead atoms. The van der Waals surface area contributed by atoms with E-state index in [1.807, 2.05) is 30.3 Å². The topological polar surface area (TPSA) is 97.2 Å². The number of thiophene rings is 1. The summed E-state index contributed by atoms with van der Waals surface area (Å²) >= 11 is 1.17. The van der Waals surface area contributed by atoms with Crippen molar-refractivity contribution in [3.05, 3.63) is 65.6 Å². The van der Waals surface area contributed by atoms with Gasteiger partial charge in [0, 0.05) is 18.0 Å². The fourth-order valence-corrected chi connectivity index (χ4v) is 6.69. The van der Waals surface area contributed by atoms with E-state index in [1.54, 1.807) is 27.4 Å². The van der Waals surface area contributed by atoms with Crippen LogP contribution in [0, 0.1) is 0 Å². The van der Waals surface area contributed by atoms with Gasteiger partial charge in [-0.15, -0.1) is 11.3 Å². The van der Waals surface area contributed by atoms with Crippen molar-refractivity contribution in [2.75, 3.05) is 13.1 Å². The first-order chi connectivity index (χ1) is 15.0. The Morgan fingerprint density at radius 2 is 1.87 bits per heavy atom. The number of nitrogens with one attached hydrogen (secondary N) is 1. The van der Waals surface area contributed by atoms with Gasteiger partial charge in [-0.25, -0.2) is 13.4 Å². The number of amides is 1. The van der Waals surface area contributed by atoms with Crippen molar-refractivity contribution in [2.45, 2.75) is 42.5 Å². The largest absolute Gasteiger partial charge is 0.347 e. The zero-order chi connectivity index (χ0) is 21.7. The van der Waals surface area contributed by atoms with Crippen LogP contribution < -0.4 is 5.32 Å². The molecule has 10 heteroatoms. The van der Waals surface area contributed by atoms with Gasteiger partial charge in [0.15, 0.2) is 0 Å². The van der Waals surface area contributed by atoms with Gasteiger partial charge in [0.05, 0.1) is 19.0 Å². The van der Waals surface area contributed by atoms with Crippen LogP contribution in [0.2, 0.25) is 0 Å². The number of sulfonamides is 1. The molecule has 1 saturated heterocycles. The van der Waals surface area contributed by atoms with Crippen molar-refractivity contribution < 1.29 is 13.2 Å². The molecule has 4 rings (SSSR count). The summed E-state index contributed by atoms with van der Waals surface area (Å²) in [5.41, 5.74) is 0.964. The minimum absolute atomic E-state index is 0.126. The Hall–Kier alpha value is -2.56. The van der Waals surface area contributed by atoms with Crippen LogP contribution in [-0.4, -0.2) is 46.5 Å². The predicted octanol–water partition coefficient (Wildman–Crippen LogP) is 2.61. The standard InChI is InChI=1S/C21H25N5O3S2/c27-20(24-19(14-25-16-22-15-23-25)17-7-3-1-4-8-17)13-18-9-10-21(30-18)31(28,29)26-11-5-2-6-12-26/h1,3-4,7-10,15-16,19H,2,5-6,11-14H2,(H,24,27). The molecule has 3 aromatic rings. The number of aromatic nitrogens is 3. The van der Waals surface area contributed by atoms with E-state index in [2.05, 4.69) is 15.4 Å². The lowest BCUT2D eigenvalue weighted by Crippen LogP contribution is -2.35. The van der Waals surface area contributed by atoms with Gasteiger partial charge in [-0.05, 0) is 30.5 Å². The Morgan fingerprint density at radius 3 is 2.58 bits per heavy atom. The van der Waals surface area contributed by atoms with Crippen molar-refractivity contribution in [3.8, 4) is 0 Å². The van der Waals surface area contributed by atoms with E-state index in [0.717, 1.165) is 29.7 Å². The molecule has 1 aliphatic rings. The fourth-order valence-electron chi connectivity index (χ4n) is 3.66. The van der Waals surface area contributed by atoms with E-state index in [1.165, 1.54) is 17.7 Å². The van der Waals surface area contributed by atoms with Crippen molar-refractivity contribution in [3.63, 3.8) is 0 Å². The van der Waals surface area contributed by atoms with Crippen molar-refractivity contribution >= 4 is 27.3 Å². The van der Waals surface area contributed by atoms with Crippen molar-refractivity contribution in [1.82, 2.24) is 24.4 Å². The van der Waals surface area contributed by atoms with E-state index in [-0.39, 0.29) is 18.4 Å². The van der Waals surface area contributed by atoms with E-state index >= 15 is 0 Å². The monoisotopic (exact) mass is 459 g/mol. The molecule has 164 valence electrons. The van der Waals surface area contributed by atoms with Gasteiger partial charge in [-0.1, -0.05) is 36.8 Å². The fraction of sp³-hybridized carbons (Fsp3) is 0.381. The average Bonchev–Trinajstić information content (AvgIpc) is 3.47. The molecule has 1 atom stereocenters. The normalized spacial score (nSPS) is 16.1. The Bertz CT molecular complexity index is 1090. The molecule has 0 aliphatic carbocycles. The lowest BCUT2D eigenvalue weighted by molar-refractivity contribution is -0.121. The van der Waals surface area contributed by atoms with Crippen LogP contribution in [0.25, 0.3) is 0 Å². The smallest absolute Gasteiger partial charge is 0.252 e. The Balaban J connectivity index is 1.43. The van der Waals surface area contributed by atoms with Gasteiger partial charge in [0.25, 0.3) is 10.0 Å². The van der Waals surface area contributed by atoms with E-state index in [9.17, 15) is 13.2 Å². The molecule has 1 aliphatic heterocycles. The molecule has 3 heterocycles. The maximum absolute atomic E-state index is 12.8. The summed E-state index contributed by atoms with van der Waals surface area (Å²) in [6.07, 6.45) is 6.05. The number of carbonyl (C=O) groups excluding carboxylic acids is 1. The highest BCUT2D eigenvalue weighted by molar-refractivity contribution is 7.91. The predicted molar refractivity (Wildman–Crippen MR) is 118 cm³/mol. The third kappa shape index (κ3) is 5.38. The summed E-state index contributed by atoms with van der Waals surface area (Å²) in [7, 11) is -3.48. The second kappa shape index (κ2) is 9.71. The molecule has 0 saturated carbocycles. The number of piperidine rings is 1. The van der Waals surface area contributed by atoms with Crippen LogP contribution in [0.5, 0.6) is 0 Å². The maximum Gasteiger partial charge on any atom is 0.252 e. The van der Waals surface area contributed by atoms with Gasteiger partial charge in [0.2, 0.25) is 5.91 Å². The molecule has 31 heavy (non-hydrogen) atoms. The van der Waals surface area contributed by atoms with Crippen LogP contribution in [0.4, 0.5) is 0 Å². The molecule has 0 radical (unpaired) electrons. The van der Waals surface area contributed by atoms with Gasteiger partial charge < -0.3 is 5.32 Å². The summed E-state index contributed by atoms with van der Waals surface area (Å²) in [4.78, 5) is 17.5. The summed E-state index contributed by atoms with van der Waals surface area (Å²) in [6, 6.07) is 12.8. The Kier molecular flexibility index (Phi) is 6.79. The molecular formula is C21H25N5O3S2. The highest BCUT2D eigenvalue weighted by Crippen LogP contribution is 2.27. The van der Waals surface area contributed by atoms with Gasteiger partial charge in [-0.2, -0.15) is 9.40 Å². The first-order valence-electron chi connectivity index (χ1n) is 10.3. The van der Waals surface area contributed by atoms with Crippen LogP contribution >= 0.6 is 11.3 Å². The molecule has 8 nitrogen and oxygen atoms in total. The molecule has 1 aromatic carbocycles. The SMILES string of the molecule is O=C(Cc1ccc(S(=O)(=O)N2CCCCC2)s1)NC(Cn1cncn1)c1ccccc1. The molecule has 1 fully saturated rings. The van der Waals surface area contributed by atoms with E-state index in [0.29, 0.717) is 23.8 Å². The van der Waals surface area contributed by atoms with Crippen LogP contribution in [0.3, 0.4) is 0 Å². The van der Waals surface area contributed by atoms with Crippen LogP contribution in [0.15, 0.2) is 59.3 Å². The Morgan fingerprint density at radius 1 is 1.10 bits per heavy atom. The van der Waals surface area contributed by atoms with Crippen molar-refractivity contribution in [2.24, 2.45) is 0 Å². The minimum atomic E-state index is -3.48. The highest BCUT2D eigenvalue weighted by Gasteiger charge is 2.27.